The van der Waals surface area contributed by atoms with E-state index in [4.69, 9.17) is 15.9 Å². The quantitative estimate of drug-likeness (QED) is 0.477. The first-order valence-electron chi connectivity index (χ1n) is 5.33. The third kappa shape index (κ3) is 2.82. The van der Waals surface area contributed by atoms with Gasteiger partial charge >= 0.3 is 0 Å². The van der Waals surface area contributed by atoms with Gasteiger partial charge < -0.3 is 15.9 Å². The Hall–Kier alpha value is -1.99. The van der Waals surface area contributed by atoms with Crippen LogP contribution in [0.5, 0.6) is 0 Å². The molecule has 0 saturated carbocycles. The Morgan fingerprint density at radius 3 is 2.33 bits per heavy atom. The summed E-state index contributed by atoms with van der Waals surface area (Å²) in [6.07, 6.45) is 0.0711. The second-order valence-electron chi connectivity index (χ2n) is 3.67. The summed E-state index contributed by atoms with van der Waals surface area (Å²) in [5.41, 5.74) is 5.34. The van der Waals surface area contributed by atoms with Crippen molar-refractivity contribution < 1.29 is 19.9 Å². The molecular weight excluding hydrogens is 240 g/mol. The highest BCUT2D eigenvalue weighted by Crippen LogP contribution is 2.28. The average molecular weight is 254 g/mol. The molecule has 1 aromatic carbocycles. The molecule has 0 aliphatic carbocycles. The van der Waals surface area contributed by atoms with Crippen molar-refractivity contribution in [3.63, 3.8) is 0 Å². The topological polar surface area (TPSA) is 127 Å². The zero-order valence-electron chi connectivity index (χ0n) is 9.63. The Bertz CT molecular complexity index is 473. The van der Waals surface area contributed by atoms with Gasteiger partial charge in [-0.2, -0.15) is 0 Å². The lowest BCUT2D eigenvalue weighted by atomic mass is 9.96. The molecule has 98 valence electrons. The number of nitro benzene ring substituents is 1. The Kier molecular flexibility index (Phi) is 4.75. The van der Waals surface area contributed by atoms with Crippen LogP contribution < -0.4 is 5.73 Å². The van der Waals surface area contributed by atoms with Gasteiger partial charge in [0.15, 0.2) is 0 Å². The van der Waals surface area contributed by atoms with Crippen molar-refractivity contribution in [2.75, 3.05) is 13.2 Å². The zero-order chi connectivity index (χ0) is 13.7. The normalized spacial score (nSPS) is 10.3. The maximum Gasteiger partial charge on any atom is 0.276 e. The number of amides is 1. The molecular formula is C11H14N2O5. The van der Waals surface area contributed by atoms with E-state index in [1.165, 1.54) is 12.1 Å². The lowest BCUT2D eigenvalue weighted by Gasteiger charge is -2.10. The highest BCUT2D eigenvalue weighted by molar-refractivity contribution is 5.95. The minimum Gasteiger partial charge on any atom is -0.396 e. The van der Waals surface area contributed by atoms with Crippen LogP contribution in [-0.2, 0) is 12.8 Å². The molecule has 0 atom stereocenters. The summed E-state index contributed by atoms with van der Waals surface area (Å²) in [5, 5.41) is 28.8. The third-order valence-electron chi connectivity index (χ3n) is 2.56. The number of aliphatic hydroxyl groups is 2. The predicted octanol–water partition coefficient (Wildman–Crippen LogP) is -0.237. The van der Waals surface area contributed by atoms with E-state index < -0.39 is 10.8 Å². The van der Waals surface area contributed by atoms with E-state index in [9.17, 15) is 14.9 Å². The second-order valence-corrected chi connectivity index (χ2v) is 3.67. The molecule has 7 nitrogen and oxygen atoms in total. The average Bonchev–Trinajstić information content (AvgIpc) is 2.29. The molecule has 7 heteroatoms. The van der Waals surface area contributed by atoms with Crippen LogP contribution in [0.2, 0.25) is 0 Å². The van der Waals surface area contributed by atoms with Gasteiger partial charge in [-0.25, -0.2) is 0 Å². The van der Waals surface area contributed by atoms with Crippen LogP contribution >= 0.6 is 0 Å². The van der Waals surface area contributed by atoms with Gasteiger partial charge in [-0.15, -0.1) is 0 Å². The van der Waals surface area contributed by atoms with Crippen LogP contribution in [0, 0.1) is 10.1 Å². The Balaban J connectivity index is 3.48. The van der Waals surface area contributed by atoms with Gasteiger partial charge in [0.1, 0.15) is 0 Å². The molecule has 0 saturated heterocycles. The van der Waals surface area contributed by atoms with Crippen LogP contribution in [-0.4, -0.2) is 34.3 Å². The standard InChI is InChI=1S/C11H14N2O5/c12-11(16)9-2-1-7(3-5-14)10(13(17)18)8(9)4-6-15/h1-2,14-15H,3-6H2,(H2,12,16). The van der Waals surface area contributed by atoms with E-state index in [0.717, 1.165) is 0 Å². The minimum atomic E-state index is -0.780. The van der Waals surface area contributed by atoms with Crippen LogP contribution in [0.1, 0.15) is 21.5 Å². The molecule has 0 aliphatic rings. The van der Waals surface area contributed by atoms with Crippen molar-refractivity contribution in [2.45, 2.75) is 12.8 Å². The van der Waals surface area contributed by atoms with E-state index in [1.54, 1.807) is 0 Å². The first kappa shape index (κ1) is 14.1. The fourth-order valence-corrected chi connectivity index (χ4v) is 1.83. The number of hydrogen-bond donors (Lipinski definition) is 3. The summed E-state index contributed by atoms with van der Waals surface area (Å²) in [6, 6.07) is 2.78. The highest BCUT2D eigenvalue weighted by atomic mass is 16.6. The number of benzene rings is 1. The third-order valence-corrected chi connectivity index (χ3v) is 2.56. The molecule has 4 N–H and O–H groups in total. The largest absolute Gasteiger partial charge is 0.396 e. The van der Waals surface area contributed by atoms with E-state index >= 15 is 0 Å². The van der Waals surface area contributed by atoms with Gasteiger partial charge in [-0.05, 0) is 6.07 Å². The van der Waals surface area contributed by atoms with Gasteiger partial charge in [-0.1, -0.05) is 6.07 Å². The molecule has 0 heterocycles. The molecule has 0 bridgehead atoms. The number of rotatable bonds is 6. The SMILES string of the molecule is NC(=O)c1ccc(CCO)c([N+](=O)[O-])c1CCO. The molecule has 0 fully saturated rings. The van der Waals surface area contributed by atoms with Gasteiger partial charge in [0.25, 0.3) is 5.69 Å². The molecule has 0 aromatic heterocycles. The Morgan fingerprint density at radius 2 is 1.89 bits per heavy atom. The molecule has 0 unspecified atom stereocenters. The van der Waals surface area contributed by atoms with E-state index in [-0.39, 0.29) is 42.9 Å². The lowest BCUT2D eigenvalue weighted by molar-refractivity contribution is -0.386. The van der Waals surface area contributed by atoms with Gasteiger partial charge in [0.2, 0.25) is 5.91 Å². The molecule has 0 radical (unpaired) electrons. The van der Waals surface area contributed by atoms with Crippen molar-refractivity contribution in [1.82, 2.24) is 0 Å². The molecule has 1 rings (SSSR count). The number of nitrogens with two attached hydrogens (primary N) is 1. The van der Waals surface area contributed by atoms with Crippen molar-refractivity contribution in [3.8, 4) is 0 Å². The monoisotopic (exact) mass is 254 g/mol. The molecule has 1 amide bonds. The Morgan fingerprint density at radius 1 is 1.28 bits per heavy atom. The summed E-state index contributed by atoms with van der Waals surface area (Å²) < 4.78 is 0. The number of hydrogen-bond acceptors (Lipinski definition) is 5. The van der Waals surface area contributed by atoms with Crippen molar-refractivity contribution in [1.29, 1.82) is 0 Å². The summed E-state index contributed by atoms with van der Waals surface area (Å²) in [4.78, 5) is 21.6. The fraction of sp³-hybridized carbons (Fsp3) is 0.364. The van der Waals surface area contributed by atoms with Gasteiger partial charge in [0, 0.05) is 42.7 Å². The van der Waals surface area contributed by atoms with Gasteiger partial charge in [-0.3, -0.25) is 14.9 Å². The molecule has 0 aliphatic heterocycles. The maximum atomic E-state index is 11.2. The second kappa shape index (κ2) is 6.08. The fourth-order valence-electron chi connectivity index (χ4n) is 1.83. The molecule has 0 spiro atoms. The van der Waals surface area contributed by atoms with Crippen LogP contribution in [0.25, 0.3) is 0 Å². The number of carbonyl (C=O) groups excluding carboxylic acids is 1. The van der Waals surface area contributed by atoms with Crippen LogP contribution in [0.4, 0.5) is 5.69 Å². The maximum absolute atomic E-state index is 11.2. The van der Waals surface area contributed by atoms with Gasteiger partial charge in [0.05, 0.1) is 4.92 Å². The first-order chi connectivity index (χ1) is 8.52. The van der Waals surface area contributed by atoms with Crippen LogP contribution in [0.15, 0.2) is 12.1 Å². The van der Waals surface area contributed by atoms with E-state index in [1.807, 2.05) is 0 Å². The van der Waals surface area contributed by atoms with Crippen LogP contribution in [0.3, 0.4) is 0 Å². The number of nitro groups is 1. The minimum absolute atomic E-state index is 0.0254. The number of carbonyl (C=O) groups is 1. The molecule has 1 aromatic rings. The summed E-state index contributed by atoms with van der Waals surface area (Å²) in [6.45, 7) is -0.570. The van der Waals surface area contributed by atoms with Crippen molar-refractivity contribution in [2.24, 2.45) is 5.73 Å². The lowest BCUT2D eigenvalue weighted by Crippen LogP contribution is -2.17. The number of primary amides is 1. The van der Waals surface area contributed by atoms with Crippen molar-refractivity contribution >= 4 is 11.6 Å². The van der Waals surface area contributed by atoms with E-state index in [0.29, 0.717) is 5.56 Å². The smallest absolute Gasteiger partial charge is 0.276 e. The zero-order valence-corrected chi connectivity index (χ0v) is 9.63. The molecule has 18 heavy (non-hydrogen) atoms. The van der Waals surface area contributed by atoms with E-state index in [2.05, 4.69) is 0 Å². The highest BCUT2D eigenvalue weighted by Gasteiger charge is 2.24. The number of aliphatic hydroxyl groups excluding tert-OH is 2. The first-order valence-corrected chi connectivity index (χ1v) is 5.33. The van der Waals surface area contributed by atoms with Crippen molar-refractivity contribution in [3.05, 3.63) is 38.9 Å². The summed E-state index contributed by atoms with van der Waals surface area (Å²) >= 11 is 0. The predicted molar refractivity (Wildman–Crippen MR) is 63.2 cm³/mol. The number of nitrogens with zero attached hydrogens (tertiary/aromatic N) is 1. The summed E-state index contributed by atoms with van der Waals surface area (Å²) in [5.74, 6) is -0.780. The summed E-state index contributed by atoms with van der Waals surface area (Å²) in [7, 11) is 0. The Labute approximate surface area is 103 Å².